The largest absolute Gasteiger partial charge is 0.368 e. The van der Waals surface area contributed by atoms with Crippen LogP contribution in [0.4, 0.5) is 5.69 Å². The molecule has 2 atom stereocenters. The van der Waals surface area contributed by atoms with Crippen LogP contribution in [0.15, 0.2) is 29.3 Å². The molecule has 0 aliphatic carbocycles. The Balaban J connectivity index is 0.00000363. The number of guanidine groups is 1. The van der Waals surface area contributed by atoms with Gasteiger partial charge in [0.05, 0.1) is 5.69 Å². The number of benzene rings is 1. The summed E-state index contributed by atoms with van der Waals surface area (Å²) in [5, 5.41) is 14.3. The number of ether oxygens (including phenoxy) is 1. The highest BCUT2D eigenvalue weighted by molar-refractivity contribution is 14.0. The predicted octanol–water partition coefficient (Wildman–Crippen LogP) is 3.07. The standard InChI is InChI=1S/C23H34N6O2.HI/c1-15(12-20-16(2)28-29(5)17(20)3)26-23(24-4)25-14-18-8-6-9-19(13-18)27-22(30)21-10-7-11-31-21;/h6,8-9,13,15,21H,7,10-12,14H2,1-5H3,(H,27,30)(H2,24,25,26);1H. The minimum absolute atomic E-state index is 0. The summed E-state index contributed by atoms with van der Waals surface area (Å²) < 4.78 is 7.38. The highest BCUT2D eigenvalue weighted by Gasteiger charge is 2.23. The van der Waals surface area contributed by atoms with Gasteiger partial charge in [-0.2, -0.15) is 5.10 Å². The lowest BCUT2D eigenvalue weighted by Crippen LogP contribution is -2.42. The number of aromatic nitrogens is 2. The van der Waals surface area contributed by atoms with E-state index in [1.165, 1.54) is 11.3 Å². The van der Waals surface area contributed by atoms with Crippen molar-refractivity contribution in [2.24, 2.45) is 12.0 Å². The van der Waals surface area contributed by atoms with Crippen LogP contribution >= 0.6 is 24.0 Å². The van der Waals surface area contributed by atoms with Crippen molar-refractivity contribution in [2.45, 2.75) is 58.7 Å². The Labute approximate surface area is 207 Å². The zero-order valence-corrected chi connectivity index (χ0v) is 21.9. The van der Waals surface area contributed by atoms with Gasteiger partial charge in [-0.1, -0.05) is 12.1 Å². The van der Waals surface area contributed by atoms with Gasteiger partial charge >= 0.3 is 0 Å². The molecule has 0 spiro atoms. The van der Waals surface area contributed by atoms with E-state index >= 15 is 0 Å². The van der Waals surface area contributed by atoms with E-state index in [2.05, 4.69) is 39.9 Å². The molecule has 1 fully saturated rings. The van der Waals surface area contributed by atoms with E-state index in [-0.39, 0.29) is 42.0 Å². The molecule has 1 aliphatic heterocycles. The molecule has 0 bridgehead atoms. The first-order chi connectivity index (χ1) is 14.9. The Bertz CT molecular complexity index is 937. The van der Waals surface area contributed by atoms with Gasteiger partial charge in [-0.15, -0.1) is 24.0 Å². The molecule has 2 aromatic rings. The molecule has 0 radical (unpaired) electrons. The third kappa shape index (κ3) is 6.93. The topological polar surface area (TPSA) is 92.6 Å². The SMILES string of the molecule is CN=C(NCc1cccc(NC(=O)C2CCCO2)c1)NC(C)Cc1c(C)nn(C)c1C.I. The molecule has 1 saturated heterocycles. The summed E-state index contributed by atoms with van der Waals surface area (Å²) in [6.45, 7) is 7.54. The fourth-order valence-corrected chi connectivity index (χ4v) is 3.85. The molecule has 8 nitrogen and oxygen atoms in total. The fourth-order valence-electron chi connectivity index (χ4n) is 3.85. The van der Waals surface area contributed by atoms with Crippen molar-refractivity contribution in [1.29, 1.82) is 0 Å². The number of amides is 1. The van der Waals surface area contributed by atoms with E-state index in [0.29, 0.717) is 13.2 Å². The zero-order chi connectivity index (χ0) is 22.4. The second-order valence-electron chi connectivity index (χ2n) is 8.14. The van der Waals surface area contributed by atoms with Crippen LogP contribution in [0.3, 0.4) is 0 Å². The highest BCUT2D eigenvalue weighted by atomic mass is 127. The maximum Gasteiger partial charge on any atom is 0.253 e. The van der Waals surface area contributed by atoms with Gasteiger partial charge in [0.1, 0.15) is 6.10 Å². The molecule has 0 saturated carbocycles. The van der Waals surface area contributed by atoms with Crippen molar-refractivity contribution in [3.8, 4) is 0 Å². The van der Waals surface area contributed by atoms with Gasteiger partial charge in [-0.05, 0) is 63.3 Å². The number of aliphatic imine (C=N–C) groups is 1. The average Bonchev–Trinajstić information content (AvgIpc) is 3.36. The van der Waals surface area contributed by atoms with Gasteiger partial charge in [-0.3, -0.25) is 14.5 Å². The lowest BCUT2D eigenvalue weighted by molar-refractivity contribution is -0.124. The summed E-state index contributed by atoms with van der Waals surface area (Å²) in [5.74, 6) is 0.662. The van der Waals surface area contributed by atoms with Crippen LogP contribution in [0.2, 0.25) is 0 Å². The molecular weight excluding hydrogens is 519 g/mol. The minimum Gasteiger partial charge on any atom is -0.368 e. The number of hydrogen-bond acceptors (Lipinski definition) is 4. The predicted molar refractivity (Wildman–Crippen MR) is 139 cm³/mol. The molecule has 3 rings (SSSR count). The Kier molecular flexibility index (Phi) is 9.95. The zero-order valence-electron chi connectivity index (χ0n) is 19.6. The second kappa shape index (κ2) is 12.2. The van der Waals surface area contributed by atoms with E-state index in [9.17, 15) is 4.79 Å². The number of rotatable bonds is 7. The van der Waals surface area contributed by atoms with Crippen LogP contribution in [0.5, 0.6) is 0 Å². The van der Waals surface area contributed by atoms with E-state index in [0.717, 1.165) is 42.2 Å². The number of carbonyl (C=O) groups is 1. The van der Waals surface area contributed by atoms with Crippen LogP contribution in [-0.2, 0) is 29.5 Å². The van der Waals surface area contributed by atoms with Gasteiger partial charge in [0.15, 0.2) is 5.96 Å². The highest BCUT2D eigenvalue weighted by Crippen LogP contribution is 2.17. The lowest BCUT2D eigenvalue weighted by Gasteiger charge is -2.18. The van der Waals surface area contributed by atoms with Crippen molar-refractivity contribution in [3.63, 3.8) is 0 Å². The second-order valence-corrected chi connectivity index (χ2v) is 8.14. The van der Waals surface area contributed by atoms with Gasteiger partial charge in [0.2, 0.25) is 0 Å². The summed E-state index contributed by atoms with van der Waals surface area (Å²) in [6, 6.07) is 8.02. The maximum absolute atomic E-state index is 12.3. The van der Waals surface area contributed by atoms with Crippen molar-refractivity contribution in [1.82, 2.24) is 20.4 Å². The number of aryl methyl sites for hydroxylation is 2. The van der Waals surface area contributed by atoms with Gasteiger partial charge in [0, 0.05) is 44.7 Å². The Morgan fingerprint density at radius 2 is 2.16 bits per heavy atom. The molecule has 32 heavy (non-hydrogen) atoms. The maximum atomic E-state index is 12.3. The summed E-state index contributed by atoms with van der Waals surface area (Å²) in [6.07, 6.45) is 2.26. The van der Waals surface area contributed by atoms with E-state index in [1.54, 1.807) is 7.05 Å². The van der Waals surface area contributed by atoms with E-state index in [4.69, 9.17) is 4.74 Å². The van der Waals surface area contributed by atoms with Gasteiger partial charge < -0.3 is 20.7 Å². The monoisotopic (exact) mass is 554 g/mol. The molecule has 1 aromatic heterocycles. The first kappa shape index (κ1) is 26.1. The number of nitrogens with one attached hydrogen (secondary N) is 3. The molecule has 176 valence electrons. The third-order valence-electron chi connectivity index (χ3n) is 5.65. The molecule has 3 N–H and O–H groups in total. The first-order valence-corrected chi connectivity index (χ1v) is 10.8. The van der Waals surface area contributed by atoms with Crippen molar-refractivity contribution in [3.05, 3.63) is 46.8 Å². The molecule has 9 heteroatoms. The van der Waals surface area contributed by atoms with Crippen LogP contribution in [0, 0.1) is 13.8 Å². The van der Waals surface area contributed by atoms with Crippen molar-refractivity contribution in [2.75, 3.05) is 19.0 Å². The molecule has 1 amide bonds. The normalized spacial score (nSPS) is 16.9. The summed E-state index contributed by atoms with van der Waals surface area (Å²) in [7, 11) is 3.74. The average molecular weight is 554 g/mol. The molecular formula is C23H35IN6O2. The van der Waals surface area contributed by atoms with Crippen LogP contribution < -0.4 is 16.0 Å². The summed E-state index contributed by atoms with van der Waals surface area (Å²) >= 11 is 0. The molecule has 2 unspecified atom stereocenters. The number of hydrogen-bond donors (Lipinski definition) is 3. The minimum atomic E-state index is -0.335. The quantitative estimate of drug-likeness (QED) is 0.278. The molecule has 1 aromatic carbocycles. The van der Waals surface area contributed by atoms with Crippen molar-refractivity contribution < 1.29 is 9.53 Å². The summed E-state index contributed by atoms with van der Waals surface area (Å²) in [4.78, 5) is 16.6. The third-order valence-corrected chi connectivity index (χ3v) is 5.65. The Morgan fingerprint density at radius 1 is 1.38 bits per heavy atom. The van der Waals surface area contributed by atoms with E-state index in [1.807, 2.05) is 42.9 Å². The number of anilines is 1. The van der Waals surface area contributed by atoms with Crippen LogP contribution in [-0.4, -0.2) is 47.4 Å². The van der Waals surface area contributed by atoms with Crippen molar-refractivity contribution >= 4 is 41.5 Å². The fraction of sp³-hybridized carbons (Fsp3) is 0.522. The Morgan fingerprint density at radius 3 is 2.78 bits per heavy atom. The number of carbonyl (C=O) groups excluding carboxylic acids is 1. The summed E-state index contributed by atoms with van der Waals surface area (Å²) in [5.41, 5.74) is 5.36. The lowest BCUT2D eigenvalue weighted by atomic mass is 10.1. The first-order valence-electron chi connectivity index (χ1n) is 10.8. The van der Waals surface area contributed by atoms with Crippen LogP contribution in [0.25, 0.3) is 0 Å². The van der Waals surface area contributed by atoms with E-state index < -0.39 is 0 Å². The van der Waals surface area contributed by atoms with Gasteiger partial charge in [-0.25, -0.2) is 0 Å². The Hall–Kier alpha value is -2.14. The van der Waals surface area contributed by atoms with Gasteiger partial charge in [0.25, 0.3) is 5.91 Å². The number of nitrogens with zero attached hydrogens (tertiary/aromatic N) is 3. The molecule has 2 heterocycles. The number of halogens is 1. The molecule has 1 aliphatic rings. The van der Waals surface area contributed by atoms with Crippen LogP contribution in [0.1, 0.15) is 42.3 Å². The smallest absolute Gasteiger partial charge is 0.253 e.